The number of ether oxygens (including phenoxy) is 2. The van der Waals surface area contributed by atoms with Gasteiger partial charge in [0.1, 0.15) is 24.7 Å². The number of halogens is 2. The maximum absolute atomic E-state index is 12.1. The minimum Gasteiger partial charge on any atom is -0.489 e. The first-order valence-corrected chi connectivity index (χ1v) is 6.37. The van der Waals surface area contributed by atoms with Gasteiger partial charge in [-0.25, -0.2) is 8.78 Å². The summed E-state index contributed by atoms with van der Waals surface area (Å²) in [6.45, 7) is -0.277. The summed E-state index contributed by atoms with van der Waals surface area (Å²) in [7, 11) is 0. The summed E-state index contributed by atoms with van der Waals surface area (Å²) >= 11 is 0. The van der Waals surface area contributed by atoms with Crippen LogP contribution in [0.4, 0.5) is 8.78 Å². The average molecular weight is 288 g/mol. The first-order valence-electron chi connectivity index (χ1n) is 6.37. The molecule has 0 aromatic heterocycles. The summed E-state index contributed by atoms with van der Waals surface area (Å²) in [5.74, 6) is 3.23. The van der Waals surface area contributed by atoms with Crippen LogP contribution in [0, 0.1) is 12.3 Å². The highest BCUT2D eigenvalue weighted by Gasteiger charge is 2.08. The fraction of sp³-hybridized carbons (Fsp3) is 0.176. The summed E-state index contributed by atoms with van der Waals surface area (Å²) < 4.78 is 34.9. The van der Waals surface area contributed by atoms with Gasteiger partial charge in [0.25, 0.3) is 6.43 Å². The Kier molecular flexibility index (Phi) is 5.16. The zero-order valence-electron chi connectivity index (χ0n) is 11.3. The van der Waals surface area contributed by atoms with Gasteiger partial charge in [0.05, 0.1) is 5.56 Å². The zero-order valence-corrected chi connectivity index (χ0v) is 11.3. The zero-order chi connectivity index (χ0) is 15.1. The highest BCUT2D eigenvalue weighted by molar-refractivity contribution is 5.49. The van der Waals surface area contributed by atoms with E-state index in [4.69, 9.17) is 15.9 Å². The van der Waals surface area contributed by atoms with Crippen molar-refractivity contribution in [3.63, 3.8) is 0 Å². The smallest absolute Gasteiger partial charge is 0.272 e. The van der Waals surface area contributed by atoms with Gasteiger partial charge in [0.2, 0.25) is 0 Å². The van der Waals surface area contributed by atoms with Crippen LogP contribution < -0.4 is 9.47 Å². The Morgan fingerprint density at radius 1 is 1.05 bits per heavy atom. The lowest BCUT2D eigenvalue weighted by atomic mass is 10.2. The Balaban J connectivity index is 2.03. The third-order valence-electron chi connectivity index (χ3n) is 2.72. The van der Waals surface area contributed by atoms with Crippen molar-refractivity contribution < 1.29 is 18.3 Å². The number of benzene rings is 2. The summed E-state index contributed by atoms with van der Waals surface area (Å²) in [5.41, 5.74) is 1.42. The van der Waals surface area contributed by atoms with Crippen molar-refractivity contribution in [3.8, 4) is 23.8 Å². The highest BCUT2D eigenvalue weighted by Crippen LogP contribution is 2.24. The van der Waals surface area contributed by atoms with Gasteiger partial charge in [-0.1, -0.05) is 36.3 Å². The van der Waals surface area contributed by atoms with Crippen LogP contribution in [0.5, 0.6) is 11.5 Å². The van der Waals surface area contributed by atoms with E-state index in [1.54, 1.807) is 12.1 Å². The van der Waals surface area contributed by atoms with E-state index in [9.17, 15) is 8.78 Å². The molecule has 4 heteroatoms. The SMILES string of the molecule is C#Cc1cc(OCc2ccccc2)ccc1OCC(F)F. The predicted octanol–water partition coefficient (Wildman–Crippen LogP) is 3.89. The van der Waals surface area contributed by atoms with Gasteiger partial charge in [0.15, 0.2) is 0 Å². The number of hydrogen-bond acceptors (Lipinski definition) is 2. The fourth-order valence-electron chi connectivity index (χ4n) is 1.73. The van der Waals surface area contributed by atoms with Gasteiger partial charge in [-0.15, -0.1) is 6.42 Å². The predicted molar refractivity (Wildman–Crippen MR) is 76.7 cm³/mol. The Morgan fingerprint density at radius 2 is 1.81 bits per heavy atom. The Bertz CT molecular complexity index is 618. The van der Waals surface area contributed by atoms with E-state index in [1.807, 2.05) is 30.3 Å². The summed E-state index contributed by atoms with van der Waals surface area (Å²) in [6, 6.07) is 14.4. The third-order valence-corrected chi connectivity index (χ3v) is 2.72. The molecule has 2 nitrogen and oxygen atoms in total. The van der Waals surface area contributed by atoms with E-state index in [0.717, 1.165) is 5.56 Å². The molecule has 108 valence electrons. The van der Waals surface area contributed by atoms with Crippen molar-refractivity contribution in [2.75, 3.05) is 6.61 Å². The number of terminal acetylenes is 1. The molecule has 2 rings (SSSR count). The summed E-state index contributed by atoms with van der Waals surface area (Å²) in [4.78, 5) is 0. The van der Waals surface area contributed by atoms with Crippen LogP contribution in [0.1, 0.15) is 11.1 Å². The Labute approximate surface area is 122 Å². The third kappa shape index (κ3) is 4.50. The lowest BCUT2D eigenvalue weighted by Crippen LogP contribution is -2.08. The summed E-state index contributed by atoms with van der Waals surface area (Å²) in [5, 5.41) is 0. The van der Waals surface area contributed by atoms with Gasteiger partial charge in [-0.05, 0) is 23.8 Å². The molecular formula is C17H14F2O2. The molecule has 21 heavy (non-hydrogen) atoms. The molecular weight excluding hydrogens is 274 g/mol. The van der Waals surface area contributed by atoms with Gasteiger partial charge < -0.3 is 9.47 Å². The molecule has 0 spiro atoms. The van der Waals surface area contributed by atoms with E-state index >= 15 is 0 Å². The lowest BCUT2D eigenvalue weighted by molar-refractivity contribution is 0.0817. The van der Waals surface area contributed by atoms with E-state index in [2.05, 4.69) is 5.92 Å². The first kappa shape index (κ1) is 14.9. The van der Waals surface area contributed by atoms with E-state index < -0.39 is 13.0 Å². The monoisotopic (exact) mass is 288 g/mol. The second-order valence-corrected chi connectivity index (χ2v) is 4.28. The molecule has 0 aliphatic rings. The summed E-state index contributed by atoms with van der Waals surface area (Å²) in [6.07, 6.45) is 2.82. The largest absolute Gasteiger partial charge is 0.489 e. The van der Waals surface area contributed by atoms with Crippen molar-refractivity contribution in [3.05, 3.63) is 59.7 Å². The Morgan fingerprint density at radius 3 is 2.48 bits per heavy atom. The van der Waals surface area contributed by atoms with Crippen LogP contribution in [0.25, 0.3) is 0 Å². The molecule has 0 atom stereocenters. The second kappa shape index (κ2) is 7.30. The van der Waals surface area contributed by atoms with Crippen molar-refractivity contribution in [2.24, 2.45) is 0 Å². The highest BCUT2D eigenvalue weighted by atomic mass is 19.3. The van der Waals surface area contributed by atoms with Gasteiger partial charge in [-0.3, -0.25) is 0 Å². The molecule has 0 aliphatic heterocycles. The van der Waals surface area contributed by atoms with Gasteiger partial charge in [-0.2, -0.15) is 0 Å². The quantitative estimate of drug-likeness (QED) is 0.751. The molecule has 0 saturated heterocycles. The van der Waals surface area contributed by atoms with E-state index in [-0.39, 0.29) is 5.75 Å². The molecule has 0 aliphatic carbocycles. The maximum Gasteiger partial charge on any atom is 0.272 e. The minimum absolute atomic E-state index is 0.255. The average Bonchev–Trinajstić information content (AvgIpc) is 2.52. The van der Waals surface area contributed by atoms with Gasteiger partial charge >= 0.3 is 0 Å². The minimum atomic E-state index is -2.54. The first-order chi connectivity index (χ1) is 10.2. The topological polar surface area (TPSA) is 18.5 Å². The molecule has 0 fully saturated rings. The molecule has 2 aromatic carbocycles. The van der Waals surface area contributed by atoms with Crippen LogP contribution >= 0.6 is 0 Å². The van der Waals surface area contributed by atoms with Crippen molar-refractivity contribution in [2.45, 2.75) is 13.0 Å². The van der Waals surface area contributed by atoms with E-state index in [0.29, 0.717) is 17.9 Å². The number of hydrogen-bond donors (Lipinski definition) is 0. The lowest BCUT2D eigenvalue weighted by Gasteiger charge is -2.11. The molecule has 0 heterocycles. The normalized spacial score (nSPS) is 10.2. The standard InChI is InChI=1S/C17H14F2O2/c1-2-14-10-15(8-9-16(14)21-12-17(18)19)20-11-13-6-4-3-5-7-13/h1,3-10,17H,11-12H2. The van der Waals surface area contributed by atoms with Crippen LogP contribution in [-0.4, -0.2) is 13.0 Å². The molecule has 0 radical (unpaired) electrons. The van der Waals surface area contributed by atoms with E-state index in [1.165, 1.54) is 6.07 Å². The van der Waals surface area contributed by atoms with Crippen molar-refractivity contribution in [1.29, 1.82) is 0 Å². The van der Waals surface area contributed by atoms with Crippen LogP contribution in [0.3, 0.4) is 0 Å². The molecule has 0 unspecified atom stereocenters. The fourth-order valence-corrected chi connectivity index (χ4v) is 1.73. The van der Waals surface area contributed by atoms with Crippen molar-refractivity contribution in [1.82, 2.24) is 0 Å². The molecule has 0 bridgehead atoms. The Hall–Kier alpha value is -2.54. The van der Waals surface area contributed by atoms with Gasteiger partial charge in [0, 0.05) is 0 Å². The molecule has 2 aromatic rings. The number of rotatable bonds is 6. The molecule has 0 saturated carbocycles. The molecule has 0 amide bonds. The van der Waals surface area contributed by atoms with Crippen LogP contribution in [0.15, 0.2) is 48.5 Å². The maximum atomic E-state index is 12.1. The number of alkyl halides is 2. The second-order valence-electron chi connectivity index (χ2n) is 4.28. The molecule has 0 N–H and O–H groups in total. The van der Waals surface area contributed by atoms with Crippen LogP contribution in [-0.2, 0) is 6.61 Å². The van der Waals surface area contributed by atoms with Crippen molar-refractivity contribution >= 4 is 0 Å². The van der Waals surface area contributed by atoms with Crippen LogP contribution in [0.2, 0.25) is 0 Å².